The van der Waals surface area contributed by atoms with Gasteiger partial charge >= 0.3 is 0 Å². The molecule has 3 aromatic rings. The van der Waals surface area contributed by atoms with Gasteiger partial charge in [-0.15, -0.1) is 0 Å². The Balaban J connectivity index is 1.86. The van der Waals surface area contributed by atoms with E-state index >= 15 is 0 Å². The van der Waals surface area contributed by atoms with Gasteiger partial charge in [0.2, 0.25) is 11.9 Å². The molecule has 3 heterocycles. The van der Waals surface area contributed by atoms with Gasteiger partial charge in [0.25, 0.3) is 5.56 Å². The van der Waals surface area contributed by atoms with Crippen molar-refractivity contribution in [3.05, 3.63) is 46.9 Å². The van der Waals surface area contributed by atoms with Crippen LogP contribution in [0.5, 0.6) is 0 Å². The van der Waals surface area contributed by atoms with Crippen LogP contribution in [-0.2, 0) is 4.79 Å². The van der Waals surface area contributed by atoms with Crippen LogP contribution in [-0.4, -0.2) is 44.8 Å². The van der Waals surface area contributed by atoms with E-state index in [-0.39, 0.29) is 23.4 Å². The van der Waals surface area contributed by atoms with Gasteiger partial charge in [0.15, 0.2) is 5.65 Å². The summed E-state index contributed by atoms with van der Waals surface area (Å²) in [5, 5.41) is 7.61. The Hall–Kier alpha value is -3.16. The number of nitrogens with one attached hydrogen (secondary N) is 2. The van der Waals surface area contributed by atoms with E-state index in [0.29, 0.717) is 30.1 Å². The minimum absolute atomic E-state index is 0.0504. The number of carbonyl (C=O) groups excluding carboxylic acids is 1. The molecule has 4 rings (SSSR count). The predicted octanol–water partition coefficient (Wildman–Crippen LogP) is 1.07. The highest BCUT2D eigenvalue weighted by atomic mass is 16.2. The molecule has 1 aliphatic heterocycles. The van der Waals surface area contributed by atoms with Crippen LogP contribution in [0.4, 0.5) is 5.95 Å². The van der Waals surface area contributed by atoms with E-state index in [1.165, 1.54) is 6.20 Å². The van der Waals surface area contributed by atoms with Gasteiger partial charge in [-0.2, -0.15) is 10.1 Å². The van der Waals surface area contributed by atoms with Gasteiger partial charge in [-0.05, 0) is 18.1 Å². The summed E-state index contributed by atoms with van der Waals surface area (Å²) >= 11 is 0. The van der Waals surface area contributed by atoms with Crippen LogP contribution in [0.25, 0.3) is 16.7 Å². The SMILES string of the molecule is CC(C)C1C(=O)NCCN1c1nc2c(cnn2-c2ccccc2)c(=O)[nH]1. The third-order valence-corrected chi connectivity index (χ3v) is 4.59. The molecule has 1 fully saturated rings. The molecule has 1 aromatic carbocycles. The molecule has 0 saturated carbocycles. The summed E-state index contributed by atoms with van der Waals surface area (Å²) in [5.41, 5.74) is 1.03. The highest BCUT2D eigenvalue weighted by molar-refractivity contribution is 5.86. The number of anilines is 1. The smallest absolute Gasteiger partial charge is 0.263 e. The second-order valence-electron chi connectivity index (χ2n) is 6.69. The summed E-state index contributed by atoms with van der Waals surface area (Å²) in [6.45, 7) is 5.06. The maximum atomic E-state index is 12.6. The molecule has 1 saturated heterocycles. The van der Waals surface area contributed by atoms with Crippen LogP contribution in [0.1, 0.15) is 13.8 Å². The van der Waals surface area contributed by atoms with Crippen molar-refractivity contribution in [1.29, 1.82) is 0 Å². The van der Waals surface area contributed by atoms with Crippen molar-refractivity contribution in [2.45, 2.75) is 19.9 Å². The fourth-order valence-electron chi connectivity index (χ4n) is 3.39. The lowest BCUT2D eigenvalue weighted by atomic mass is 10.00. The number of para-hydroxylation sites is 1. The highest BCUT2D eigenvalue weighted by Gasteiger charge is 2.34. The van der Waals surface area contributed by atoms with E-state index in [0.717, 1.165) is 5.69 Å². The Morgan fingerprint density at radius 3 is 2.69 bits per heavy atom. The monoisotopic (exact) mass is 352 g/mol. The molecule has 0 aliphatic carbocycles. The molecule has 8 nitrogen and oxygen atoms in total. The number of aromatic amines is 1. The minimum Gasteiger partial charge on any atom is -0.353 e. The van der Waals surface area contributed by atoms with Crippen molar-refractivity contribution < 1.29 is 4.79 Å². The average Bonchev–Trinajstić information content (AvgIpc) is 3.06. The zero-order valence-corrected chi connectivity index (χ0v) is 14.6. The highest BCUT2D eigenvalue weighted by Crippen LogP contribution is 2.21. The average molecular weight is 352 g/mol. The van der Waals surface area contributed by atoms with E-state index in [4.69, 9.17) is 0 Å². The first-order valence-corrected chi connectivity index (χ1v) is 8.64. The third-order valence-electron chi connectivity index (χ3n) is 4.59. The van der Waals surface area contributed by atoms with Crippen molar-refractivity contribution in [3.8, 4) is 5.69 Å². The molecule has 2 N–H and O–H groups in total. The van der Waals surface area contributed by atoms with Gasteiger partial charge in [0.05, 0.1) is 11.9 Å². The summed E-state index contributed by atoms with van der Waals surface area (Å²) in [6.07, 6.45) is 1.51. The molecule has 2 aromatic heterocycles. The van der Waals surface area contributed by atoms with E-state index in [1.54, 1.807) is 4.68 Å². The fourth-order valence-corrected chi connectivity index (χ4v) is 3.39. The quantitative estimate of drug-likeness (QED) is 0.735. The molecule has 8 heteroatoms. The number of carbonyl (C=O) groups is 1. The van der Waals surface area contributed by atoms with Crippen LogP contribution in [0, 0.1) is 5.92 Å². The zero-order valence-electron chi connectivity index (χ0n) is 14.6. The summed E-state index contributed by atoms with van der Waals surface area (Å²) in [4.78, 5) is 34.2. The normalized spacial score (nSPS) is 17.7. The lowest BCUT2D eigenvalue weighted by molar-refractivity contribution is -0.124. The van der Waals surface area contributed by atoms with Crippen LogP contribution in [0.3, 0.4) is 0 Å². The topological polar surface area (TPSA) is 95.9 Å². The van der Waals surface area contributed by atoms with Crippen LogP contribution in [0.15, 0.2) is 41.3 Å². The maximum Gasteiger partial charge on any atom is 0.263 e. The van der Waals surface area contributed by atoms with Gasteiger partial charge in [-0.3, -0.25) is 14.6 Å². The molecule has 1 amide bonds. The summed E-state index contributed by atoms with van der Waals surface area (Å²) in [6, 6.07) is 9.15. The van der Waals surface area contributed by atoms with Crippen molar-refractivity contribution in [2.75, 3.05) is 18.0 Å². The molecule has 134 valence electrons. The minimum atomic E-state index is -0.377. The number of fused-ring (bicyclic) bond motifs is 1. The molecule has 0 spiro atoms. The second-order valence-corrected chi connectivity index (χ2v) is 6.69. The van der Waals surface area contributed by atoms with Gasteiger partial charge in [0.1, 0.15) is 11.4 Å². The number of amides is 1. The summed E-state index contributed by atoms with van der Waals surface area (Å²) < 4.78 is 1.64. The Morgan fingerprint density at radius 2 is 1.96 bits per heavy atom. The van der Waals surface area contributed by atoms with E-state index in [1.807, 2.05) is 49.1 Å². The Kier molecular flexibility index (Phi) is 3.95. The van der Waals surface area contributed by atoms with Crippen LogP contribution >= 0.6 is 0 Å². The fraction of sp³-hybridized carbons (Fsp3) is 0.333. The largest absolute Gasteiger partial charge is 0.353 e. The van der Waals surface area contributed by atoms with Gasteiger partial charge < -0.3 is 10.2 Å². The molecule has 1 atom stereocenters. The molecule has 0 bridgehead atoms. The first-order valence-electron chi connectivity index (χ1n) is 8.64. The zero-order chi connectivity index (χ0) is 18.3. The number of piperazine rings is 1. The first-order chi connectivity index (χ1) is 12.6. The van der Waals surface area contributed by atoms with E-state index in [2.05, 4.69) is 20.4 Å². The molecule has 0 radical (unpaired) electrons. The van der Waals surface area contributed by atoms with E-state index in [9.17, 15) is 9.59 Å². The number of hydrogen-bond donors (Lipinski definition) is 2. The number of rotatable bonds is 3. The number of hydrogen-bond acceptors (Lipinski definition) is 5. The second kappa shape index (κ2) is 6.29. The van der Waals surface area contributed by atoms with Crippen molar-refractivity contribution in [2.24, 2.45) is 5.92 Å². The summed E-state index contributed by atoms with van der Waals surface area (Å²) in [7, 11) is 0. The van der Waals surface area contributed by atoms with Gasteiger partial charge in [-0.1, -0.05) is 32.0 Å². The molecule has 1 unspecified atom stereocenters. The number of H-pyrrole nitrogens is 1. The standard InChI is InChI=1S/C18H20N6O2/c1-11(2)14-17(26)19-8-9-23(14)18-21-15-13(16(25)22-18)10-20-24(15)12-6-4-3-5-7-12/h3-7,10-11,14H,8-9H2,1-2H3,(H,19,26)(H,21,22,25). The molecular weight excluding hydrogens is 332 g/mol. The van der Waals surface area contributed by atoms with Crippen molar-refractivity contribution in [3.63, 3.8) is 0 Å². The number of benzene rings is 1. The van der Waals surface area contributed by atoms with Gasteiger partial charge in [0, 0.05) is 13.1 Å². The predicted molar refractivity (Wildman–Crippen MR) is 98.5 cm³/mol. The Labute approximate surface area is 149 Å². The Bertz CT molecular complexity index is 1010. The molecular formula is C18H20N6O2. The van der Waals surface area contributed by atoms with E-state index < -0.39 is 0 Å². The molecule has 26 heavy (non-hydrogen) atoms. The summed E-state index contributed by atoms with van der Waals surface area (Å²) in [5.74, 6) is 0.426. The number of aromatic nitrogens is 4. The van der Waals surface area contributed by atoms with Gasteiger partial charge in [-0.25, -0.2) is 4.68 Å². The van der Waals surface area contributed by atoms with Crippen LogP contribution in [0.2, 0.25) is 0 Å². The number of nitrogens with zero attached hydrogens (tertiary/aromatic N) is 4. The molecule has 1 aliphatic rings. The van der Waals surface area contributed by atoms with Crippen LogP contribution < -0.4 is 15.8 Å². The lowest BCUT2D eigenvalue weighted by Crippen LogP contribution is -2.58. The lowest BCUT2D eigenvalue weighted by Gasteiger charge is -2.37. The maximum absolute atomic E-state index is 12.6. The van der Waals surface area contributed by atoms with Crippen molar-refractivity contribution in [1.82, 2.24) is 25.1 Å². The van der Waals surface area contributed by atoms with Crippen molar-refractivity contribution >= 4 is 22.9 Å². The first kappa shape index (κ1) is 16.3. The third kappa shape index (κ3) is 2.63. The Morgan fingerprint density at radius 1 is 1.19 bits per heavy atom.